The molecule has 1 aliphatic heterocycles. The Morgan fingerprint density at radius 2 is 1.78 bits per heavy atom. The molecule has 2 aliphatic rings. The summed E-state index contributed by atoms with van der Waals surface area (Å²) >= 11 is 0. The molecule has 1 aromatic heterocycles. The van der Waals surface area contributed by atoms with E-state index in [9.17, 15) is 9.59 Å². The Bertz CT molecular complexity index is 1040. The van der Waals surface area contributed by atoms with Gasteiger partial charge in [-0.25, -0.2) is 0 Å². The number of anilines is 1. The van der Waals surface area contributed by atoms with Gasteiger partial charge in [-0.3, -0.25) is 19.2 Å². The monoisotopic (exact) mass is 436 g/mol. The van der Waals surface area contributed by atoms with Crippen molar-refractivity contribution in [2.75, 3.05) is 4.90 Å². The number of nitrogens with zero attached hydrogens (tertiary/aromatic N) is 3. The van der Waals surface area contributed by atoms with Crippen molar-refractivity contribution in [3.8, 4) is 0 Å². The van der Waals surface area contributed by atoms with E-state index in [0.29, 0.717) is 12.2 Å². The van der Waals surface area contributed by atoms with Crippen LogP contribution in [0.25, 0.3) is 0 Å². The second kappa shape index (κ2) is 8.05. The fourth-order valence-electron chi connectivity index (χ4n) is 4.81. The largest absolute Gasteiger partial charge is 0.351 e. The first-order valence-electron chi connectivity index (χ1n) is 11.8. The Hall–Kier alpha value is -2.63. The minimum atomic E-state index is -1.07. The van der Waals surface area contributed by atoms with E-state index in [1.807, 2.05) is 38.1 Å². The van der Waals surface area contributed by atoms with Crippen LogP contribution in [0, 0.1) is 13.8 Å². The lowest BCUT2D eigenvalue weighted by Gasteiger charge is -2.44. The summed E-state index contributed by atoms with van der Waals surface area (Å²) in [6.45, 7) is 12.5. The zero-order valence-electron chi connectivity index (χ0n) is 20.3. The van der Waals surface area contributed by atoms with E-state index in [2.05, 4.69) is 33.0 Å². The standard InChI is InChI=1S/C26H36N4O2/c1-17-12-13-20(14-18(17)2)30-23(31)21-15-22(25(3,4)5)28-29(21)16-26(30,6)24(32)27-19-10-8-7-9-11-19/h12-15,19H,7-11,16H2,1-6H3,(H,27,32). The maximum absolute atomic E-state index is 13.9. The van der Waals surface area contributed by atoms with Crippen LogP contribution in [0.4, 0.5) is 5.69 Å². The molecule has 32 heavy (non-hydrogen) atoms. The van der Waals surface area contributed by atoms with Crippen LogP contribution >= 0.6 is 0 Å². The number of fused-ring (bicyclic) bond motifs is 1. The fraction of sp³-hybridized carbons (Fsp3) is 0.577. The topological polar surface area (TPSA) is 67.2 Å². The maximum atomic E-state index is 13.9. The lowest BCUT2D eigenvalue weighted by molar-refractivity contribution is -0.127. The van der Waals surface area contributed by atoms with Gasteiger partial charge in [0, 0.05) is 17.1 Å². The number of carbonyl (C=O) groups is 2. The number of hydrogen-bond acceptors (Lipinski definition) is 3. The van der Waals surface area contributed by atoms with Crippen molar-refractivity contribution in [3.05, 3.63) is 46.8 Å². The average molecular weight is 437 g/mol. The van der Waals surface area contributed by atoms with Crippen molar-refractivity contribution in [2.45, 2.75) is 97.2 Å². The number of carbonyl (C=O) groups excluding carboxylic acids is 2. The van der Waals surface area contributed by atoms with Crippen molar-refractivity contribution >= 4 is 17.5 Å². The van der Waals surface area contributed by atoms with E-state index >= 15 is 0 Å². The minimum absolute atomic E-state index is 0.102. The molecular weight excluding hydrogens is 400 g/mol. The molecule has 1 saturated carbocycles. The van der Waals surface area contributed by atoms with Gasteiger partial charge in [-0.15, -0.1) is 0 Å². The second-order valence-corrected chi connectivity index (χ2v) is 10.8. The van der Waals surface area contributed by atoms with Gasteiger partial charge < -0.3 is 5.32 Å². The summed E-state index contributed by atoms with van der Waals surface area (Å²) in [5.74, 6) is -0.279. The van der Waals surface area contributed by atoms with Crippen molar-refractivity contribution in [1.29, 1.82) is 0 Å². The van der Waals surface area contributed by atoms with E-state index in [1.54, 1.807) is 9.58 Å². The number of benzene rings is 1. The molecule has 2 amide bonds. The summed E-state index contributed by atoms with van der Waals surface area (Å²) in [6, 6.07) is 8.03. The third-order valence-electron chi connectivity index (χ3n) is 7.10. The zero-order valence-corrected chi connectivity index (χ0v) is 20.3. The summed E-state index contributed by atoms with van der Waals surface area (Å²) in [4.78, 5) is 29.3. The SMILES string of the molecule is Cc1ccc(N2C(=O)c3cc(C(C)(C)C)nn3CC2(C)C(=O)NC2CCCCC2)cc1C. The summed E-state index contributed by atoms with van der Waals surface area (Å²) in [5, 5.41) is 8.02. The molecule has 0 bridgehead atoms. The molecule has 0 radical (unpaired) electrons. The lowest BCUT2D eigenvalue weighted by atomic mass is 9.90. The third kappa shape index (κ3) is 3.96. The number of hydrogen-bond donors (Lipinski definition) is 1. The van der Waals surface area contributed by atoms with Crippen LogP contribution in [-0.2, 0) is 16.8 Å². The van der Waals surface area contributed by atoms with E-state index in [-0.39, 0.29) is 23.3 Å². The van der Waals surface area contributed by atoms with Crippen molar-refractivity contribution in [3.63, 3.8) is 0 Å². The Kier molecular flexibility index (Phi) is 5.68. The van der Waals surface area contributed by atoms with E-state index in [1.165, 1.54) is 6.42 Å². The van der Waals surface area contributed by atoms with Crippen LogP contribution in [0.15, 0.2) is 24.3 Å². The number of aryl methyl sites for hydroxylation is 2. The molecule has 2 heterocycles. The number of rotatable bonds is 3. The highest BCUT2D eigenvalue weighted by molar-refractivity contribution is 6.12. The Morgan fingerprint density at radius 1 is 1.09 bits per heavy atom. The molecule has 1 aromatic carbocycles. The molecule has 1 aliphatic carbocycles. The molecule has 1 unspecified atom stereocenters. The second-order valence-electron chi connectivity index (χ2n) is 10.8. The van der Waals surface area contributed by atoms with Gasteiger partial charge in [-0.05, 0) is 62.9 Å². The first kappa shape index (κ1) is 22.6. The highest BCUT2D eigenvalue weighted by Crippen LogP contribution is 2.35. The average Bonchev–Trinajstić information content (AvgIpc) is 3.16. The molecule has 172 valence electrons. The van der Waals surface area contributed by atoms with Gasteiger partial charge in [-0.2, -0.15) is 5.10 Å². The summed E-state index contributed by atoms with van der Waals surface area (Å²) in [6.07, 6.45) is 5.50. The van der Waals surface area contributed by atoms with E-state index in [4.69, 9.17) is 5.10 Å². The molecular formula is C26H36N4O2. The molecule has 0 saturated heterocycles. The van der Waals surface area contributed by atoms with Crippen molar-refractivity contribution < 1.29 is 9.59 Å². The summed E-state index contributed by atoms with van der Waals surface area (Å²) < 4.78 is 1.74. The molecule has 1 atom stereocenters. The van der Waals surface area contributed by atoms with Crippen molar-refractivity contribution in [1.82, 2.24) is 15.1 Å². The first-order chi connectivity index (χ1) is 15.0. The maximum Gasteiger partial charge on any atom is 0.277 e. The van der Waals surface area contributed by atoms with Gasteiger partial charge in [0.15, 0.2) is 0 Å². The lowest BCUT2D eigenvalue weighted by Crippen LogP contribution is -2.65. The predicted octanol–water partition coefficient (Wildman–Crippen LogP) is 4.67. The van der Waals surface area contributed by atoms with Crippen LogP contribution in [0.2, 0.25) is 0 Å². The Labute approximate surface area is 191 Å². The predicted molar refractivity (Wildman–Crippen MR) is 127 cm³/mol. The molecule has 1 N–H and O–H groups in total. The quantitative estimate of drug-likeness (QED) is 0.761. The van der Waals surface area contributed by atoms with Crippen LogP contribution < -0.4 is 10.2 Å². The number of aromatic nitrogens is 2. The Morgan fingerprint density at radius 3 is 2.41 bits per heavy atom. The van der Waals surface area contributed by atoms with Crippen LogP contribution in [0.3, 0.4) is 0 Å². The van der Waals surface area contributed by atoms with Gasteiger partial charge in [-0.1, -0.05) is 46.1 Å². The molecule has 0 spiro atoms. The van der Waals surface area contributed by atoms with Crippen LogP contribution in [0.5, 0.6) is 0 Å². The normalized spacial score (nSPS) is 22.1. The molecule has 2 aromatic rings. The Balaban J connectivity index is 1.78. The molecule has 6 nitrogen and oxygen atoms in total. The minimum Gasteiger partial charge on any atom is -0.351 e. The van der Waals surface area contributed by atoms with Crippen LogP contribution in [-0.4, -0.2) is 33.2 Å². The number of nitrogens with one attached hydrogen (secondary N) is 1. The fourth-order valence-corrected chi connectivity index (χ4v) is 4.81. The van der Waals surface area contributed by atoms with Gasteiger partial charge in [0.1, 0.15) is 11.2 Å². The highest BCUT2D eigenvalue weighted by atomic mass is 16.2. The molecule has 4 rings (SSSR count). The first-order valence-corrected chi connectivity index (χ1v) is 11.8. The highest BCUT2D eigenvalue weighted by Gasteiger charge is 2.49. The van der Waals surface area contributed by atoms with E-state index in [0.717, 1.165) is 48.2 Å². The van der Waals surface area contributed by atoms with E-state index < -0.39 is 5.54 Å². The van der Waals surface area contributed by atoms with Gasteiger partial charge >= 0.3 is 0 Å². The van der Waals surface area contributed by atoms with Gasteiger partial charge in [0.25, 0.3) is 5.91 Å². The summed E-state index contributed by atoms with van der Waals surface area (Å²) in [7, 11) is 0. The molecule has 6 heteroatoms. The summed E-state index contributed by atoms with van der Waals surface area (Å²) in [5.41, 5.74) is 3.16. The number of amides is 2. The van der Waals surface area contributed by atoms with Crippen LogP contribution in [0.1, 0.15) is 87.1 Å². The van der Waals surface area contributed by atoms with Gasteiger partial charge in [0.05, 0.1) is 12.2 Å². The third-order valence-corrected chi connectivity index (χ3v) is 7.10. The van der Waals surface area contributed by atoms with Crippen molar-refractivity contribution in [2.24, 2.45) is 0 Å². The smallest absolute Gasteiger partial charge is 0.277 e. The zero-order chi connectivity index (χ0) is 23.3. The van der Waals surface area contributed by atoms with Gasteiger partial charge in [0.2, 0.25) is 5.91 Å². The molecule has 1 fully saturated rings.